The lowest BCUT2D eigenvalue weighted by Crippen LogP contribution is -2.00. The summed E-state index contributed by atoms with van der Waals surface area (Å²) >= 11 is 14.6. The number of halogens is 3. The maximum Gasteiger partial charge on any atom is 0.149 e. The van der Waals surface area contributed by atoms with Gasteiger partial charge in [0.15, 0.2) is 0 Å². The molecule has 1 heterocycles. The van der Waals surface area contributed by atoms with E-state index < -0.39 is 0 Å². The van der Waals surface area contributed by atoms with Gasteiger partial charge in [0.1, 0.15) is 23.4 Å². The number of rotatable bonds is 5. The molecule has 8 heteroatoms. The van der Waals surface area contributed by atoms with Crippen molar-refractivity contribution in [3.8, 4) is 17.6 Å². The Hall–Kier alpha value is -1.95. The third-order valence-corrected chi connectivity index (χ3v) is 5.23. The van der Waals surface area contributed by atoms with Crippen molar-refractivity contribution in [3.63, 3.8) is 0 Å². The van der Waals surface area contributed by atoms with Crippen LogP contribution in [0.15, 0.2) is 30.3 Å². The van der Waals surface area contributed by atoms with Crippen LogP contribution in [0.25, 0.3) is 10.9 Å². The van der Waals surface area contributed by atoms with Crippen molar-refractivity contribution < 1.29 is 9.47 Å². The highest BCUT2D eigenvalue weighted by Crippen LogP contribution is 2.36. The predicted octanol–water partition coefficient (Wildman–Crippen LogP) is 6.17. The molecule has 1 N–H and O–H groups in total. The number of anilines is 2. The van der Waals surface area contributed by atoms with Gasteiger partial charge in [0.25, 0.3) is 0 Å². The molecule has 0 unspecified atom stereocenters. The van der Waals surface area contributed by atoms with Crippen LogP contribution in [-0.4, -0.2) is 18.7 Å². The molecule has 0 aliphatic carbocycles. The van der Waals surface area contributed by atoms with E-state index in [2.05, 4.69) is 39.0 Å². The summed E-state index contributed by atoms with van der Waals surface area (Å²) in [7, 11) is 1.52. The summed E-state index contributed by atoms with van der Waals surface area (Å²) < 4.78 is 11.8. The number of fused-ring (bicyclic) bond motifs is 1. The zero-order chi connectivity index (χ0) is 19.6. The van der Waals surface area contributed by atoms with E-state index >= 15 is 0 Å². The van der Waals surface area contributed by atoms with Crippen molar-refractivity contribution >= 4 is 68.2 Å². The van der Waals surface area contributed by atoms with Gasteiger partial charge in [0.2, 0.25) is 0 Å². The van der Waals surface area contributed by atoms with E-state index in [4.69, 9.17) is 32.7 Å². The van der Waals surface area contributed by atoms with Crippen LogP contribution in [0.3, 0.4) is 0 Å². The van der Waals surface area contributed by atoms with E-state index in [1.165, 1.54) is 7.11 Å². The van der Waals surface area contributed by atoms with Crippen molar-refractivity contribution in [2.45, 2.75) is 6.92 Å². The third-order valence-electron chi connectivity index (χ3n) is 3.78. The highest BCUT2D eigenvalue weighted by atomic mass is 127. The number of ether oxygens (including phenoxy) is 2. The topological polar surface area (TPSA) is 67.2 Å². The van der Waals surface area contributed by atoms with Gasteiger partial charge in [-0.3, -0.25) is 0 Å². The van der Waals surface area contributed by atoms with Crippen LogP contribution < -0.4 is 14.8 Å². The van der Waals surface area contributed by atoms with Crippen LogP contribution >= 0.6 is 45.8 Å². The lowest BCUT2D eigenvalue weighted by Gasteiger charge is -2.13. The van der Waals surface area contributed by atoms with E-state index in [1.54, 1.807) is 18.2 Å². The van der Waals surface area contributed by atoms with Crippen LogP contribution in [0.2, 0.25) is 10.0 Å². The molecule has 0 saturated heterocycles. The molecule has 0 fully saturated rings. The number of hydrogen-bond acceptors (Lipinski definition) is 5. The van der Waals surface area contributed by atoms with Crippen LogP contribution in [0.5, 0.6) is 11.5 Å². The molecule has 0 atom stereocenters. The van der Waals surface area contributed by atoms with E-state index in [-0.39, 0.29) is 0 Å². The monoisotopic (exact) mass is 513 g/mol. The summed E-state index contributed by atoms with van der Waals surface area (Å²) in [6, 6.07) is 11.0. The number of hydrogen-bond donors (Lipinski definition) is 1. The minimum absolute atomic E-state index is 0.385. The zero-order valence-electron chi connectivity index (χ0n) is 14.4. The summed E-state index contributed by atoms with van der Waals surface area (Å²) in [5, 5.41) is 14.3. The van der Waals surface area contributed by atoms with Crippen LogP contribution in [0.1, 0.15) is 12.5 Å². The number of aromatic nitrogens is 1. The lowest BCUT2D eigenvalue weighted by molar-refractivity contribution is 0.338. The van der Waals surface area contributed by atoms with E-state index in [0.29, 0.717) is 39.5 Å². The Labute approximate surface area is 180 Å². The van der Waals surface area contributed by atoms with Crippen LogP contribution in [0.4, 0.5) is 11.5 Å². The average molecular weight is 514 g/mol. The Kier molecular flexibility index (Phi) is 6.15. The second-order valence-electron chi connectivity index (χ2n) is 5.50. The quantitative estimate of drug-likeness (QED) is 0.413. The highest BCUT2D eigenvalue weighted by molar-refractivity contribution is 14.1. The zero-order valence-corrected chi connectivity index (χ0v) is 18.1. The van der Waals surface area contributed by atoms with Crippen molar-refractivity contribution in [1.82, 2.24) is 4.98 Å². The van der Waals surface area contributed by atoms with Gasteiger partial charge >= 0.3 is 0 Å². The number of nitrogens with one attached hydrogen (secondary N) is 1. The Morgan fingerprint density at radius 3 is 2.59 bits per heavy atom. The second-order valence-corrected chi connectivity index (χ2v) is 7.47. The summed E-state index contributed by atoms with van der Waals surface area (Å²) in [4.78, 5) is 4.60. The largest absolute Gasteiger partial charge is 0.495 e. The molecule has 138 valence electrons. The second kappa shape index (κ2) is 8.38. The lowest BCUT2D eigenvalue weighted by atomic mass is 10.1. The molecule has 27 heavy (non-hydrogen) atoms. The highest BCUT2D eigenvalue weighted by Gasteiger charge is 2.13. The Bertz CT molecular complexity index is 1070. The molecule has 0 bridgehead atoms. The number of pyridine rings is 1. The van der Waals surface area contributed by atoms with Gasteiger partial charge in [-0.1, -0.05) is 23.2 Å². The van der Waals surface area contributed by atoms with Gasteiger partial charge in [-0.25, -0.2) is 4.98 Å². The first-order valence-electron chi connectivity index (χ1n) is 7.94. The standard InChI is InChI=1S/C19H14Cl2IN3O2/c1-3-27-18-5-10-4-11(9-23)19(24-15(10)7-14(18)22)25-16-8-17(26-2)13(21)6-12(16)20/h4-8H,3H2,1-2H3,(H,24,25). The van der Waals surface area contributed by atoms with E-state index in [9.17, 15) is 5.26 Å². The molecule has 2 aromatic carbocycles. The molecule has 0 amide bonds. The maximum absolute atomic E-state index is 9.56. The summed E-state index contributed by atoms with van der Waals surface area (Å²) in [6.45, 7) is 2.49. The van der Waals surface area contributed by atoms with Crippen molar-refractivity contribution in [2.24, 2.45) is 0 Å². The Morgan fingerprint density at radius 2 is 1.93 bits per heavy atom. The maximum atomic E-state index is 9.56. The minimum Gasteiger partial charge on any atom is -0.495 e. The molecule has 0 saturated carbocycles. The average Bonchev–Trinajstić information content (AvgIpc) is 2.64. The summed E-state index contributed by atoms with van der Waals surface area (Å²) in [5.41, 5.74) is 1.67. The first-order chi connectivity index (χ1) is 13.0. The summed E-state index contributed by atoms with van der Waals surface area (Å²) in [5.74, 6) is 1.64. The van der Waals surface area contributed by atoms with Crippen LogP contribution in [-0.2, 0) is 0 Å². The molecule has 0 spiro atoms. The molecular formula is C19H14Cl2IN3O2. The predicted molar refractivity (Wildman–Crippen MR) is 117 cm³/mol. The first kappa shape index (κ1) is 19.8. The van der Waals surface area contributed by atoms with Crippen LogP contribution in [0, 0.1) is 14.9 Å². The van der Waals surface area contributed by atoms with E-state index in [0.717, 1.165) is 20.2 Å². The number of nitrogens with zero attached hydrogens (tertiary/aromatic N) is 2. The van der Waals surface area contributed by atoms with Gasteiger partial charge in [0, 0.05) is 11.5 Å². The van der Waals surface area contributed by atoms with Gasteiger partial charge in [0.05, 0.1) is 44.1 Å². The fourth-order valence-electron chi connectivity index (χ4n) is 2.53. The molecule has 0 aliphatic rings. The Balaban J connectivity index is 2.09. The molecule has 3 aromatic rings. The minimum atomic E-state index is 0.385. The SMILES string of the molecule is CCOc1cc2cc(C#N)c(Nc3cc(OC)c(Cl)cc3Cl)nc2cc1I. The molecular weight excluding hydrogens is 500 g/mol. The van der Waals surface area contributed by atoms with Crippen molar-refractivity contribution in [1.29, 1.82) is 5.26 Å². The van der Waals surface area contributed by atoms with Gasteiger partial charge in [-0.05, 0) is 53.8 Å². The Morgan fingerprint density at radius 1 is 1.15 bits per heavy atom. The number of methoxy groups -OCH3 is 1. The van der Waals surface area contributed by atoms with Gasteiger partial charge in [-0.2, -0.15) is 5.26 Å². The fraction of sp³-hybridized carbons (Fsp3) is 0.158. The molecule has 5 nitrogen and oxygen atoms in total. The summed E-state index contributed by atoms with van der Waals surface area (Å²) in [6.07, 6.45) is 0. The van der Waals surface area contributed by atoms with Crippen molar-refractivity contribution in [2.75, 3.05) is 19.0 Å². The normalized spacial score (nSPS) is 10.5. The fourth-order valence-corrected chi connectivity index (χ4v) is 3.65. The van der Waals surface area contributed by atoms with Gasteiger partial charge in [-0.15, -0.1) is 0 Å². The molecule has 1 aromatic heterocycles. The molecule has 0 aliphatic heterocycles. The van der Waals surface area contributed by atoms with E-state index in [1.807, 2.05) is 19.1 Å². The smallest absolute Gasteiger partial charge is 0.149 e. The number of benzene rings is 2. The van der Waals surface area contributed by atoms with Crippen molar-refractivity contribution in [3.05, 3.63) is 49.5 Å². The van der Waals surface area contributed by atoms with Gasteiger partial charge < -0.3 is 14.8 Å². The number of nitriles is 1. The first-order valence-corrected chi connectivity index (χ1v) is 9.77. The third kappa shape index (κ3) is 4.15. The molecule has 0 radical (unpaired) electrons. The molecule has 3 rings (SSSR count).